The number of carboxylic acid groups (broad SMARTS) is 1. The number of aromatic nitrogens is 3. The molecule has 0 amide bonds. The number of hydrogen-bond donors (Lipinski definition) is 1. The van der Waals surface area contributed by atoms with Crippen LogP contribution in [0.25, 0.3) is 22.3 Å². The third kappa shape index (κ3) is 2.19. The minimum absolute atomic E-state index is 0.0173. The van der Waals surface area contributed by atoms with Crippen LogP contribution >= 0.6 is 11.6 Å². The van der Waals surface area contributed by atoms with Crippen LogP contribution in [-0.4, -0.2) is 26.0 Å². The fourth-order valence-electron chi connectivity index (χ4n) is 1.87. The van der Waals surface area contributed by atoms with Gasteiger partial charge in [0.25, 0.3) is 0 Å². The van der Waals surface area contributed by atoms with Gasteiger partial charge in [0.2, 0.25) is 0 Å². The quantitative estimate of drug-likeness (QED) is 0.783. The number of benzene rings is 1. The summed E-state index contributed by atoms with van der Waals surface area (Å²) in [5, 5.41) is 9.97. The van der Waals surface area contributed by atoms with Crippen molar-refractivity contribution in [3.05, 3.63) is 53.4 Å². The Kier molecular flexibility index (Phi) is 3.04. The Morgan fingerprint density at radius 1 is 1.20 bits per heavy atom. The molecule has 3 rings (SSSR count). The van der Waals surface area contributed by atoms with E-state index >= 15 is 0 Å². The molecule has 1 aromatic carbocycles. The zero-order valence-corrected chi connectivity index (χ0v) is 10.9. The Hall–Kier alpha value is -2.53. The first-order valence-electron chi connectivity index (χ1n) is 5.76. The van der Waals surface area contributed by atoms with E-state index in [-0.39, 0.29) is 10.7 Å². The third-order valence-electron chi connectivity index (χ3n) is 2.81. The summed E-state index contributed by atoms with van der Waals surface area (Å²) >= 11 is 5.76. The minimum Gasteiger partial charge on any atom is -0.476 e. The summed E-state index contributed by atoms with van der Waals surface area (Å²) < 4.78 is 0. The molecular weight excluding hydrogens is 278 g/mol. The van der Waals surface area contributed by atoms with Crippen molar-refractivity contribution in [1.29, 1.82) is 0 Å². The summed E-state index contributed by atoms with van der Waals surface area (Å²) in [6.45, 7) is 0. The summed E-state index contributed by atoms with van der Waals surface area (Å²) in [6, 6.07) is 9.24. The van der Waals surface area contributed by atoms with Crippen LogP contribution in [0.1, 0.15) is 10.5 Å². The highest BCUT2D eigenvalue weighted by Gasteiger charge is 2.13. The largest absolute Gasteiger partial charge is 0.476 e. The van der Waals surface area contributed by atoms with Gasteiger partial charge in [0.1, 0.15) is 0 Å². The van der Waals surface area contributed by atoms with Gasteiger partial charge in [-0.3, -0.25) is 4.98 Å². The Labute approximate surface area is 118 Å². The molecule has 0 atom stereocenters. The Morgan fingerprint density at radius 2 is 2.05 bits per heavy atom. The first-order valence-corrected chi connectivity index (χ1v) is 6.14. The van der Waals surface area contributed by atoms with E-state index in [0.29, 0.717) is 11.4 Å². The van der Waals surface area contributed by atoms with Crippen LogP contribution in [0.4, 0.5) is 0 Å². The van der Waals surface area contributed by atoms with Crippen molar-refractivity contribution in [3.8, 4) is 11.4 Å². The number of carbonyl (C=O) groups is 1. The summed E-state index contributed by atoms with van der Waals surface area (Å²) in [6.07, 6.45) is 3.00. The lowest BCUT2D eigenvalue weighted by atomic mass is 10.1. The molecule has 98 valence electrons. The van der Waals surface area contributed by atoms with Crippen molar-refractivity contribution < 1.29 is 9.90 Å². The Morgan fingerprint density at radius 3 is 2.85 bits per heavy atom. The SMILES string of the molecule is O=C(O)c1nc(-c2ccc3ncccc3c2)ncc1Cl. The molecule has 5 nitrogen and oxygen atoms in total. The molecule has 0 bridgehead atoms. The summed E-state index contributed by atoms with van der Waals surface area (Å²) in [5.41, 5.74) is 1.36. The lowest BCUT2D eigenvalue weighted by molar-refractivity contribution is 0.0690. The number of fused-ring (bicyclic) bond motifs is 1. The normalized spacial score (nSPS) is 10.7. The maximum Gasteiger partial charge on any atom is 0.356 e. The van der Waals surface area contributed by atoms with Crippen molar-refractivity contribution in [3.63, 3.8) is 0 Å². The molecule has 6 heteroatoms. The number of nitrogens with zero attached hydrogens (tertiary/aromatic N) is 3. The van der Waals surface area contributed by atoms with Gasteiger partial charge in [-0.05, 0) is 24.3 Å². The van der Waals surface area contributed by atoms with Gasteiger partial charge in [-0.1, -0.05) is 17.7 Å². The van der Waals surface area contributed by atoms with Gasteiger partial charge in [-0.15, -0.1) is 0 Å². The van der Waals surface area contributed by atoms with E-state index in [4.69, 9.17) is 16.7 Å². The lowest BCUT2D eigenvalue weighted by Crippen LogP contribution is -2.04. The predicted octanol–water partition coefficient (Wildman–Crippen LogP) is 3.04. The molecule has 20 heavy (non-hydrogen) atoms. The van der Waals surface area contributed by atoms with E-state index in [2.05, 4.69) is 15.0 Å². The fraction of sp³-hybridized carbons (Fsp3) is 0. The fourth-order valence-corrected chi connectivity index (χ4v) is 2.04. The molecule has 0 aliphatic rings. The number of hydrogen-bond acceptors (Lipinski definition) is 4. The van der Waals surface area contributed by atoms with Crippen LogP contribution in [0.5, 0.6) is 0 Å². The van der Waals surface area contributed by atoms with Crippen LogP contribution in [0.15, 0.2) is 42.7 Å². The van der Waals surface area contributed by atoms with E-state index in [9.17, 15) is 4.79 Å². The van der Waals surface area contributed by atoms with Gasteiger partial charge in [0, 0.05) is 17.1 Å². The highest BCUT2D eigenvalue weighted by atomic mass is 35.5. The van der Waals surface area contributed by atoms with Gasteiger partial charge in [0.15, 0.2) is 11.5 Å². The molecule has 3 aromatic rings. The smallest absolute Gasteiger partial charge is 0.356 e. The second kappa shape index (κ2) is 4.86. The maximum absolute atomic E-state index is 11.0. The molecule has 0 spiro atoms. The standard InChI is InChI=1S/C14H8ClN3O2/c15-10-7-17-13(18-12(10)14(19)20)9-3-4-11-8(6-9)2-1-5-16-11/h1-7H,(H,19,20). The monoisotopic (exact) mass is 285 g/mol. The predicted molar refractivity (Wildman–Crippen MR) is 74.7 cm³/mol. The van der Waals surface area contributed by atoms with E-state index in [1.807, 2.05) is 24.3 Å². The minimum atomic E-state index is -1.18. The van der Waals surface area contributed by atoms with Crippen LogP contribution in [-0.2, 0) is 0 Å². The Balaban J connectivity index is 2.15. The van der Waals surface area contributed by atoms with Crippen LogP contribution in [0.2, 0.25) is 5.02 Å². The molecule has 0 aliphatic heterocycles. The first kappa shape index (κ1) is 12.5. The van der Waals surface area contributed by atoms with E-state index in [1.54, 1.807) is 12.3 Å². The van der Waals surface area contributed by atoms with Crippen molar-refractivity contribution in [2.45, 2.75) is 0 Å². The zero-order chi connectivity index (χ0) is 14.1. The second-order valence-electron chi connectivity index (χ2n) is 4.11. The van der Waals surface area contributed by atoms with E-state index in [1.165, 1.54) is 6.20 Å². The van der Waals surface area contributed by atoms with Crippen LogP contribution in [0, 0.1) is 0 Å². The molecule has 0 unspecified atom stereocenters. The zero-order valence-electron chi connectivity index (χ0n) is 10.1. The van der Waals surface area contributed by atoms with Crippen molar-refractivity contribution in [2.75, 3.05) is 0 Å². The van der Waals surface area contributed by atoms with Crippen molar-refractivity contribution in [2.24, 2.45) is 0 Å². The molecule has 0 saturated carbocycles. The number of pyridine rings is 1. The molecule has 0 radical (unpaired) electrons. The second-order valence-corrected chi connectivity index (χ2v) is 4.51. The molecule has 2 aromatic heterocycles. The van der Waals surface area contributed by atoms with Gasteiger partial charge in [-0.2, -0.15) is 0 Å². The number of carboxylic acids is 1. The van der Waals surface area contributed by atoms with Gasteiger partial charge in [0.05, 0.1) is 16.7 Å². The van der Waals surface area contributed by atoms with Crippen LogP contribution < -0.4 is 0 Å². The molecule has 0 aliphatic carbocycles. The average Bonchev–Trinajstić information content (AvgIpc) is 2.47. The number of halogens is 1. The van der Waals surface area contributed by atoms with Gasteiger partial charge >= 0.3 is 5.97 Å². The number of rotatable bonds is 2. The third-order valence-corrected chi connectivity index (χ3v) is 3.08. The van der Waals surface area contributed by atoms with Crippen LogP contribution in [0.3, 0.4) is 0 Å². The molecule has 0 fully saturated rings. The first-order chi connectivity index (χ1) is 9.65. The topological polar surface area (TPSA) is 76.0 Å². The van der Waals surface area contributed by atoms with Crippen molar-refractivity contribution in [1.82, 2.24) is 15.0 Å². The van der Waals surface area contributed by atoms with Gasteiger partial charge < -0.3 is 5.11 Å². The lowest BCUT2D eigenvalue weighted by Gasteiger charge is -2.04. The highest BCUT2D eigenvalue weighted by molar-refractivity contribution is 6.33. The molecule has 0 saturated heterocycles. The summed E-state index contributed by atoms with van der Waals surface area (Å²) in [5.74, 6) is -0.862. The maximum atomic E-state index is 11.0. The van der Waals surface area contributed by atoms with E-state index in [0.717, 1.165) is 10.9 Å². The summed E-state index contributed by atoms with van der Waals surface area (Å²) in [7, 11) is 0. The number of aromatic carboxylic acids is 1. The van der Waals surface area contributed by atoms with Gasteiger partial charge in [-0.25, -0.2) is 14.8 Å². The molecular formula is C14H8ClN3O2. The Bertz CT molecular complexity index is 820. The highest BCUT2D eigenvalue weighted by Crippen LogP contribution is 2.22. The van der Waals surface area contributed by atoms with E-state index < -0.39 is 5.97 Å². The molecule has 1 N–H and O–H groups in total. The average molecular weight is 286 g/mol. The summed E-state index contributed by atoms with van der Waals surface area (Å²) in [4.78, 5) is 23.3. The van der Waals surface area contributed by atoms with Crippen molar-refractivity contribution >= 4 is 28.5 Å². The molecule has 2 heterocycles.